The van der Waals surface area contributed by atoms with E-state index >= 15 is 0 Å². The van der Waals surface area contributed by atoms with Crippen LogP contribution >= 0.6 is 0 Å². The minimum absolute atomic E-state index is 0.0738. The number of rotatable bonds is 5. The Morgan fingerprint density at radius 2 is 2.30 bits per heavy atom. The third-order valence-electron chi connectivity index (χ3n) is 4.63. The molecule has 6 nitrogen and oxygen atoms in total. The molecule has 0 bridgehead atoms. The first-order chi connectivity index (χ1) is 9.54. The van der Waals surface area contributed by atoms with Gasteiger partial charge in [0.15, 0.2) is 0 Å². The highest BCUT2D eigenvalue weighted by Crippen LogP contribution is 2.46. The van der Waals surface area contributed by atoms with E-state index in [0.717, 1.165) is 18.4 Å². The average molecular weight is 279 g/mol. The van der Waals surface area contributed by atoms with Crippen LogP contribution in [0.2, 0.25) is 0 Å². The van der Waals surface area contributed by atoms with Gasteiger partial charge >= 0.3 is 0 Å². The largest absolute Gasteiger partial charge is 0.395 e. The van der Waals surface area contributed by atoms with Gasteiger partial charge in [-0.05, 0) is 31.6 Å². The van der Waals surface area contributed by atoms with E-state index in [1.807, 2.05) is 13.2 Å². The molecule has 0 radical (unpaired) electrons. The lowest BCUT2D eigenvalue weighted by molar-refractivity contribution is -0.129. The SMILES string of the molecule is Cn1cc([C@H](NC(=O)C2(CO)CC2)C2CC(O)C2)cn1. The maximum Gasteiger partial charge on any atom is 0.229 e. The topological polar surface area (TPSA) is 87.4 Å². The number of aromatic nitrogens is 2. The Labute approximate surface area is 117 Å². The fraction of sp³-hybridized carbons (Fsp3) is 0.714. The molecule has 1 amide bonds. The fourth-order valence-corrected chi connectivity index (χ4v) is 2.88. The van der Waals surface area contributed by atoms with E-state index in [1.165, 1.54) is 0 Å². The van der Waals surface area contributed by atoms with E-state index in [-0.39, 0.29) is 30.6 Å². The lowest BCUT2D eigenvalue weighted by atomic mass is 9.75. The van der Waals surface area contributed by atoms with Crippen LogP contribution in [-0.2, 0) is 11.8 Å². The highest BCUT2D eigenvalue weighted by molar-refractivity contribution is 5.85. The molecule has 0 aliphatic heterocycles. The summed E-state index contributed by atoms with van der Waals surface area (Å²) in [6.07, 6.45) is 6.30. The van der Waals surface area contributed by atoms with Gasteiger partial charge in [-0.1, -0.05) is 0 Å². The molecular formula is C14H21N3O3. The summed E-state index contributed by atoms with van der Waals surface area (Å²) in [6.45, 7) is -0.0914. The standard InChI is InChI=1S/C14H21N3O3/c1-17-7-10(6-15-17)12(9-4-11(19)5-9)16-13(20)14(8-18)2-3-14/h6-7,9,11-12,18-19H,2-5,8H2,1H3,(H,16,20)/t9?,11?,12-/m1/s1. The number of nitrogens with zero attached hydrogens (tertiary/aromatic N) is 2. The Morgan fingerprint density at radius 3 is 2.75 bits per heavy atom. The van der Waals surface area contributed by atoms with Gasteiger partial charge in [0, 0.05) is 18.8 Å². The Bertz CT molecular complexity index is 504. The first-order valence-corrected chi connectivity index (χ1v) is 7.12. The van der Waals surface area contributed by atoms with Crippen LogP contribution < -0.4 is 5.32 Å². The van der Waals surface area contributed by atoms with Gasteiger partial charge in [-0.3, -0.25) is 9.48 Å². The second-order valence-corrected chi connectivity index (χ2v) is 6.22. The van der Waals surface area contributed by atoms with Gasteiger partial charge in [0.05, 0.1) is 30.4 Å². The van der Waals surface area contributed by atoms with Crippen molar-refractivity contribution < 1.29 is 15.0 Å². The summed E-state index contributed by atoms with van der Waals surface area (Å²) in [4.78, 5) is 12.3. The minimum atomic E-state index is -0.567. The van der Waals surface area contributed by atoms with E-state index in [0.29, 0.717) is 12.8 Å². The van der Waals surface area contributed by atoms with Gasteiger partial charge in [0.1, 0.15) is 0 Å². The molecular weight excluding hydrogens is 258 g/mol. The van der Waals surface area contributed by atoms with Crippen molar-refractivity contribution in [2.45, 2.75) is 37.8 Å². The van der Waals surface area contributed by atoms with Gasteiger partial charge in [-0.15, -0.1) is 0 Å². The third kappa shape index (κ3) is 2.33. The van der Waals surface area contributed by atoms with Gasteiger partial charge in [-0.2, -0.15) is 5.10 Å². The Balaban J connectivity index is 1.74. The van der Waals surface area contributed by atoms with E-state index < -0.39 is 5.41 Å². The zero-order chi connectivity index (χ0) is 14.3. The smallest absolute Gasteiger partial charge is 0.229 e. The predicted molar refractivity (Wildman–Crippen MR) is 71.6 cm³/mol. The lowest BCUT2D eigenvalue weighted by Gasteiger charge is -2.38. The summed E-state index contributed by atoms with van der Waals surface area (Å²) in [5.74, 6) is 0.169. The van der Waals surface area contributed by atoms with Crippen molar-refractivity contribution in [1.29, 1.82) is 0 Å². The fourth-order valence-electron chi connectivity index (χ4n) is 2.88. The van der Waals surface area contributed by atoms with Crippen LogP contribution in [0.15, 0.2) is 12.4 Å². The third-order valence-corrected chi connectivity index (χ3v) is 4.63. The molecule has 110 valence electrons. The molecule has 20 heavy (non-hydrogen) atoms. The number of carbonyl (C=O) groups is 1. The molecule has 2 fully saturated rings. The number of hydrogen-bond acceptors (Lipinski definition) is 4. The molecule has 3 rings (SSSR count). The van der Waals surface area contributed by atoms with E-state index in [4.69, 9.17) is 0 Å². The predicted octanol–water partition coefficient (Wildman–Crippen LogP) is 0.121. The van der Waals surface area contributed by atoms with Crippen molar-refractivity contribution in [3.05, 3.63) is 18.0 Å². The summed E-state index contributed by atoms with van der Waals surface area (Å²) in [5, 5.41) is 26.1. The normalized spacial score (nSPS) is 28.6. The zero-order valence-electron chi connectivity index (χ0n) is 11.6. The first-order valence-electron chi connectivity index (χ1n) is 7.12. The van der Waals surface area contributed by atoms with E-state index in [9.17, 15) is 15.0 Å². The molecule has 1 atom stereocenters. The maximum atomic E-state index is 12.3. The van der Waals surface area contributed by atoms with Crippen molar-refractivity contribution >= 4 is 5.91 Å². The number of hydrogen-bond donors (Lipinski definition) is 3. The Morgan fingerprint density at radius 1 is 1.60 bits per heavy atom. The quantitative estimate of drug-likeness (QED) is 0.714. The van der Waals surface area contributed by atoms with Crippen LogP contribution in [0.5, 0.6) is 0 Å². The molecule has 3 N–H and O–H groups in total. The summed E-state index contributed by atoms with van der Waals surface area (Å²) >= 11 is 0. The first kappa shape index (κ1) is 13.6. The highest BCUT2D eigenvalue weighted by atomic mass is 16.3. The molecule has 0 saturated heterocycles. The number of carbonyl (C=O) groups excluding carboxylic acids is 1. The number of amides is 1. The molecule has 0 unspecified atom stereocenters. The van der Waals surface area contributed by atoms with E-state index in [2.05, 4.69) is 10.4 Å². The number of aliphatic hydroxyl groups excluding tert-OH is 2. The van der Waals surface area contributed by atoms with Crippen molar-refractivity contribution in [3.63, 3.8) is 0 Å². The molecule has 1 aromatic heterocycles. The zero-order valence-corrected chi connectivity index (χ0v) is 11.6. The lowest BCUT2D eigenvalue weighted by Crippen LogP contribution is -2.44. The van der Waals surface area contributed by atoms with Gasteiger partial charge in [0.2, 0.25) is 5.91 Å². The van der Waals surface area contributed by atoms with Crippen LogP contribution in [0.4, 0.5) is 0 Å². The Hall–Kier alpha value is -1.40. The highest BCUT2D eigenvalue weighted by Gasteiger charge is 2.50. The van der Waals surface area contributed by atoms with Crippen LogP contribution in [0.3, 0.4) is 0 Å². The number of nitrogens with one attached hydrogen (secondary N) is 1. The Kier molecular flexibility index (Phi) is 3.30. The molecule has 1 heterocycles. The van der Waals surface area contributed by atoms with Crippen LogP contribution in [0.1, 0.15) is 37.3 Å². The minimum Gasteiger partial charge on any atom is -0.395 e. The molecule has 1 aromatic rings. The molecule has 0 spiro atoms. The summed E-state index contributed by atoms with van der Waals surface area (Å²) in [5.41, 5.74) is 0.398. The van der Waals surface area contributed by atoms with E-state index in [1.54, 1.807) is 10.9 Å². The van der Waals surface area contributed by atoms with Gasteiger partial charge in [0.25, 0.3) is 0 Å². The van der Waals surface area contributed by atoms with Crippen LogP contribution in [0, 0.1) is 11.3 Å². The molecule has 0 aromatic carbocycles. The van der Waals surface area contributed by atoms with Crippen molar-refractivity contribution in [2.75, 3.05) is 6.61 Å². The van der Waals surface area contributed by atoms with Crippen LogP contribution in [-0.4, -0.2) is 38.6 Å². The monoisotopic (exact) mass is 279 g/mol. The molecule has 2 aliphatic carbocycles. The number of aryl methyl sites for hydroxylation is 1. The van der Waals surface area contributed by atoms with Gasteiger partial charge in [-0.25, -0.2) is 0 Å². The number of aliphatic hydroxyl groups is 2. The van der Waals surface area contributed by atoms with Crippen molar-refractivity contribution in [3.8, 4) is 0 Å². The second-order valence-electron chi connectivity index (χ2n) is 6.22. The van der Waals surface area contributed by atoms with Crippen molar-refractivity contribution in [1.82, 2.24) is 15.1 Å². The van der Waals surface area contributed by atoms with Gasteiger partial charge < -0.3 is 15.5 Å². The summed E-state index contributed by atoms with van der Waals surface area (Å²) in [6, 6.07) is -0.122. The second kappa shape index (κ2) is 4.86. The summed E-state index contributed by atoms with van der Waals surface area (Å²) < 4.78 is 1.71. The van der Waals surface area contributed by atoms with Crippen LogP contribution in [0.25, 0.3) is 0 Å². The average Bonchev–Trinajstić information content (AvgIpc) is 3.09. The summed E-state index contributed by atoms with van der Waals surface area (Å²) in [7, 11) is 1.84. The molecule has 2 aliphatic rings. The maximum absolute atomic E-state index is 12.3. The van der Waals surface area contributed by atoms with Crippen molar-refractivity contribution in [2.24, 2.45) is 18.4 Å². The molecule has 2 saturated carbocycles. The molecule has 6 heteroatoms.